The van der Waals surface area contributed by atoms with Gasteiger partial charge in [0.25, 0.3) is 0 Å². The third-order valence-electron chi connectivity index (χ3n) is 8.14. The molecule has 2 fully saturated rings. The quantitative estimate of drug-likeness (QED) is 0.335. The molecule has 10 nitrogen and oxygen atoms in total. The lowest BCUT2D eigenvalue weighted by Crippen LogP contribution is -2.55. The molecule has 6 rings (SSSR count). The summed E-state index contributed by atoms with van der Waals surface area (Å²) in [5.41, 5.74) is 7.37. The van der Waals surface area contributed by atoms with E-state index >= 15 is 8.78 Å². The van der Waals surface area contributed by atoms with Gasteiger partial charge in [-0.25, -0.2) is 13.8 Å². The molecule has 5 heterocycles. The summed E-state index contributed by atoms with van der Waals surface area (Å²) in [7, 11) is 0. The molecule has 3 unspecified atom stereocenters. The highest BCUT2D eigenvalue weighted by atomic mass is 19.1. The van der Waals surface area contributed by atoms with E-state index in [4.69, 9.17) is 10.5 Å². The normalized spacial score (nSPS) is 22.4. The molecule has 2 saturated heterocycles. The van der Waals surface area contributed by atoms with Gasteiger partial charge in [-0.2, -0.15) is 14.9 Å². The van der Waals surface area contributed by atoms with Crippen molar-refractivity contribution in [1.82, 2.24) is 19.6 Å². The van der Waals surface area contributed by atoms with Gasteiger partial charge >= 0.3 is 0 Å². The van der Waals surface area contributed by atoms with Crippen molar-refractivity contribution in [2.75, 3.05) is 36.5 Å². The zero-order valence-electron chi connectivity index (χ0n) is 22.5. The first-order valence-corrected chi connectivity index (χ1v) is 13.5. The highest BCUT2D eigenvalue weighted by molar-refractivity contribution is 5.74. The Balaban J connectivity index is 1.34. The van der Waals surface area contributed by atoms with Crippen LogP contribution in [0.25, 0.3) is 16.8 Å². The fourth-order valence-corrected chi connectivity index (χ4v) is 5.77. The molecule has 3 aromatic heterocycles. The predicted molar refractivity (Wildman–Crippen MR) is 149 cm³/mol. The van der Waals surface area contributed by atoms with Crippen LogP contribution >= 0.6 is 0 Å². The first-order valence-electron chi connectivity index (χ1n) is 13.5. The number of hydrogen-bond acceptors (Lipinski definition) is 9. The number of anilines is 3. The van der Waals surface area contributed by atoms with E-state index in [1.807, 2.05) is 13.0 Å². The number of piperidine rings is 1. The number of hydrogen-bond donors (Lipinski definition) is 3. The number of pyridine rings is 1. The second-order valence-corrected chi connectivity index (χ2v) is 10.8. The Morgan fingerprint density at radius 3 is 2.61 bits per heavy atom. The standard InChI is InChI=1S/C29H30F2N8O2/c1-17-14-38(15-22(33)27(17)40)25-4-7-34-13-24(25)36-28-35-12-19-2-3-23(37-39(19)28)26-20(30)10-18(11-21(26)31)29(16-32)5-8-41-9-6-29/h2-4,7,10-13,17,22,27,40H,5-6,8-9,14-15,33H2,1H3,(H,35,36). The van der Waals surface area contributed by atoms with Gasteiger partial charge in [-0.15, -0.1) is 0 Å². The second kappa shape index (κ2) is 10.7. The minimum Gasteiger partial charge on any atom is -0.391 e. The van der Waals surface area contributed by atoms with Gasteiger partial charge in [0.2, 0.25) is 5.95 Å². The van der Waals surface area contributed by atoms with Crippen LogP contribution in [0, 0.1) is 28.9 Å². The maximum Gasteiger partial charge on any atom is 0.229 e. The summed E-state index contributed by atoms with van der Waals surface area (Å²) in [5.74, 6) is -1.29. The number of ether oxygens (including phenoxy) is 1. The molecule has 2 aliphatic heterocycles. The zero-order valence-corrected chi connectivity index (χ0v) is 22.5. The van der Waals surface area contributed by atoms with Crippen LogP contribution in [0.1, 0.15) is 25.3 Å². The predicted octanol–water partition coefficient (Wildman–Crippen LogP) is 3.53. The van der Waals surface area contributed by atoms with E-state index < -0.39 is 29.2 Å². The number of nitriles is 1. The highest BCUT2D eigenvalue weighted by Crippen LogP contribution is 2.38. The Morgan fingerprint density at radius 1 is 1.15 bits per heavy atom. The molecule has 1 aromatic carbocycles. The Kier molecular flexibility index (Phi) is 7.03. The highest BCUT2D eigenvalue weighted by Gasteiger charge is 2.36. The van der Waals surface area contributed by atoms with Gasteiger partial charge in [0.15, 0.2) is 0 Å². The average molecular weight is 561 g/mol. The number of benzene rings is 1. The molecule has 0 aliphatic carbocycles. The van der Waals surface area contributed by atoms with E-state index in [2.05, 4.69) is 31.4 Å². The molecule has 4 aromatic rings. The van der Waals surface area contributed by atoms with E-state index in [-0.39, 0.29) is 17.2 Å². The number of nitrogens with zero attached hydrogens (tertiary/aromatic N) is 6. The summed E-state index contributed by atoms with van der Waals surface area (Å²) >= 11 is 0. The van der Waals surface area contributed by atoms with Crippen LogP contribution in [0.15, 0.2) is 48.9 Å². The zero-order chi connectivity index (χ0) is 28.7. The minimum atomic E-state index is -0.993. The third kappa shape index (κ3) is 4.86. The molecular formula is C29H30F2N8O2. The summed E-state index contributed by atoms with van der Waals surface area (Å²) in [6.07, 6.45) is 5.08. The maximum absolute atomic E-state index is 15.5. The van der Waals surface area contributed by atoms with Gasteiger partial charge in [0.1, 0.15) is 11.6 Å². The van der Waals surface area contributed by atoms with Crippen molar-refractivity contribution in [2.45, 2.75) is 37.3 Å². The first kappa shape index (κ1) is 27.0. The van der Waals surface area contributed by atoms with Gasteiger partial charge in [0.05, 0.1) is 58.1 Å². The van der Waals surface area contributed by atoms with Crippen LogP contribution in [0.4, 0.5) is 26.1 Å². The van der Waals surface area contributed by atoms with Crippen molar-refractivity contribution in [3.05, 3.63) is 66.1 Å². The topological polar surface area (TPSA) is 138 Å². The number of aromatic nitrogens is 4. The number of aliphatic hydroxyl groups excluding tert-OH is 1. The molecule has 3 atom stereocenters. The molecule has 2 aliphatic rings. The van der Waals surface area contributed by atoms with Crippen LogP contribution in [-0.4, -0.2) is 63.1 Å². The molecule has 212 valence electrons. The number of nitrogens with two attached hydrogens (primary N) is 1. The molecule has 0 radical (unpaired) electrons. The summed E-state index contributed by atoms with van der Waals surface area (Å²) in [6.45, 7) is 3.73. The Morgan fingerprint density at radius 2 is 1.90 bits per heavy atom. The van der Waals surface area contributed by atoms with Crippen molar-refractivity contribution < 1.29 is 18.6 Å². The van der Waals surface area contributed by atoms with Crippen LogP contribution < -0.4 is 16.0 Å². The lowest BCUT2D eigenvalue weighted by atomic mass is 9.75. The van der Waals surface area contributed by atoms with Crippen LogP contribution in [0.5, 0.6) is 0 Å². The smallest absolute Gasteiger partial charge is 0.229 e. The van der Waals surface area contributed by atoms with E-state index in [9.17, 15) is 10.4 Å². The number of fused-ring (bicyclic) bond motifs is 1. The number of halogens is 2. The number of aliphatic hydroxyl groups is 1. The lowest BCUT2D eigenvalue weighted by molar-refractivity contribution is 0.0674. The summed E-state index contributed by atoms with van der Waals surface area (Å²) < 4.78 is 37.8. The Labute approximate surface area is 235 Å². The largest absolute Gasteiger partial charge is 0.391 e. The Hall–Kier alpha value is -4.18. The van der Waals surface area contributed by atoms with Gasteiger partial charge < -0.3 is 25.8 Å². The SMILES string of the molecule is CC1CN(c2ccncc2Nc2ncc3ccc(-c4c(F)cc(C5(C#N)CCOCC5)cc4F)nn23)CC(N)C1O. The van der Waals surface area contributed by atoms with Crippen LogP contribution in [0.2, 0.25) is 0 Å². The average Bonchev–Trinajstić information content (AvgIpc) is 3.37. The first-order chi connectivity index (χ1) is 19.8. The lowest BCUT2D eigenvalue weighted by Gasteiger charge is -2.40. The molecule has 0 bridgehead atoms. The van der Waals surface area contributed by atoms with E-state index in [0.717, 1.165) is 5.69 Å². The minimum absolute atomic E-state index is 0.0260. The van der Waals surface area contributed by atoms with E-state index in [1.165, 1.54) is 22.7 Å². The van der Waals surface area contributed by atoms with E-state index in [1.54, 1.807) is 24.7 Å². The monoisotopic (exact) mass is 560 g/mol. The van der Waals surface area contributed by atoms with Crippen molar-refractivity contribution in [1.29, 1.82) is 5.26 Å². The van der Waals surface area contributed by atoms with Gasteiger partial charge in [0, 0.05) is 44.5 Å². The molecule has 0 spiro atoms. The van der Waals surface area contributed by atoms with Crippen molar-refractivity contribution in [3.8, 4) is 17.3 Å². The van der Waals surface area contributed by atoms with Gasteiger partial charge in [-0.05, 0) is 48.7 Å². The fourth-order valence-electron chi connectivity index (χ4n) is 5.77. The number of imidazole rings is 1. The Bertz CT molecular complexity index is 1600. The molecule has 0 saturated carbocycles. The summed E-state index contributed by atoms with van der Waals surface area (Å²) in [4.78, 5) is 10.8. The molecule has 0 amide bonds. The van der Waals surface area contributed by atoms with Crippen LogP contribution in [-0.2, 0) is 10.2 Å². The number of rotatable bonds is 5. The molecule has 41 heavy (non-hydrogen) atoms. The van der Waals surface area contributed by atoms with Crippen molar-refractivity contribution in [2.24, 2.45) is 11.7 Å². The number of nitrogens with one attached hydrogen (secondary N) is 1. The fraction of sp³-hybridized carbons (Fsp3) is 0.379. The van der Waals surface area contributed by atoms with Crippen molar-refractivity contribution in [3.63, 3.8) is 0 Å². The third-order valence-corrected chi connectivity index (χ3v) is 8.14. The van der Waals surface area contributed by atoms with Gasteiger partial charge in [-0.1, -0.05) is 6.92 Å². The maximum atomic E-state index is 15.5. The van der Waals surface area contributed by atoms with Gasteiger partial charge in [-0.3, -0.25) is 4.98 Å². The van der Waals surface area contributed by atoms with Crippen molar-refractivity contribution >= 4 is 22.8 Å². The molecule has 12 heteroatoms. The van der Waals surface area contributed by atoms with E-state index in [0.29, 0.717) is 61.9 Å². The van der Waals surface area contributed by atoms with Crippen LogP contribution in [0.3, 0.4) is 0 Å². The summed E-state index contributed by atoms with van der Waals surface area (Å²) in [6, 6.07) is 9.39. The second-order valence-electron chi connectivity index (χ2n) is 10.8. The summed E-state index contributed by atoms with van der Waals surface area (Å²) in [5, 5.41) is 27.9. The molecular weight excluding hydrogens is 530 g/mol. The molecule has 4 N–H and O–H groups in total.